The highest BCUT2D eigenvalue weighted by Crippen LogP contribution is 2.60. The summed E-state index contributed by atoms with van der Waals surface area (Å²) in [6.07, 6.45) is 5.60. The van der Waals surface area contributed by atoms with E-state index >= 15 is 0 Å². The van der Waals surface area contributed by atoms with Crippen molar-refractivity contribution in [2.24, 2.45) is 28.6 Å². The molecule has 2 saturated carbocycles. The van der Waals surface area contributed by atoms with Crippen molar-refractivity contribution in [3.05, 3.63) is 11.1 Å². The molecule has 0 spiro atoms. The summed E-state index contributed by atoms with van der Waals surface area (Å²) >= 11 is 0. The number of hydrogen-bond donors (Lipinski definition) is 0. The summed E-state index contributed by atoms with van der Waals surface area (Å²) in [5.74, 6) is -0.163. The molecule has 0 bridgehead atoms. The smallest absolute Gasteiger partial charge is 0.336 e. The van der Waals surface area contributed by atoms with Gasteiger partial charge in [0, 0.05) is 18.4 Å². The van der Waals surface area contributed by atoms with Crippen molar-refractivity contribution in [2.75, 3.05) is 0 Å². The third-order valence-corrected chi connectivity index (χ3v) is 7.47. The average Bonchev–Trinajstić information content (AvgIpc) is 2.88. The van der Waals surface area contributed by atoms with Crippen LogP contribution in [0.1, 0.15) is 73.1 Å². The second-order valence-corrected chi connectivity index (χ2v) is 10.1. The van der Waals surface area contributed by atoms with Gasteiger partial charge in [-0.2, -0.15) is 0 Å². The Morgan fingerprint density at radius 1 is 1.19 bits per heavy atom. The SMILES string of the molecule is CC(=O)OC1OC2OC(=O)C(C)=C3C2C1CCC3C1(C)CCCC(C)(C)C1. The van der Waals surface area contributed by atoms with Crippen molar-refractivity contribution in [3.8, 4) is 0 Å². The molecule has 6 atom stereocenters. The third kappa shape index (κ3) is 3.12. The monoisotopic (exact) mass is 376 g/mol. The molecule has 5 heteroatoms. The lowest BCUT2D eigenvalue weighted by Crippen LogP contribution is -2.46. The zero-order chi connectivity index (χ0) is 19.6. The maximum Gasteiger partial charge on any atom is 0.336 e. The fourth-order valence-corrected chi connectivity index (χ4v) is 6.59. The Bertz CT molecular complexity index is 693. The fourth-order valence-electron chi connectivity index (χ4n) is 6.59. The summed E-state index contributed by atoms with van der Waals surface area (Å²) in [4.78, 5) is 24.1. The minimum Gasteiger partial charge on any atom is -0.435 e. The summed E-state index contributed by atoms with van der Waals surface area (Å²) in [6, 6.07) is 0. The molecule has 5 nitrogen and oxygen atoms in total. The van der Waals surface area contributed by atoms with E-state index in [9.17, 15) is 9.59 Å². The summed E-state index contributed by atoms with van der Waals surface area (Å²) in [6.45, 7) is 10.4. The molecule has 2 aliphatic carbocycles. The van der Waals surface area contributed by atoms with Crippen LogP contribution < -0.4 is 0 Å². The van der Waals surface area contributed by atoms with Gasteiger partial charge in [0.2, 0.25) is 12.6 Å². The molecule has 0 aromatic carbocycles. The molecule has 0 N–H and O–H groups in total. The first kappa shape index (κ1) is 19.0. The first-order chi connectivity index (χ1) is 12.6. The number of ether oxygens (including phenoxy) is 3. The molecular weight excluding hydrogens is 344 g/mol. The van der Waals surface area contributed by atoms with E-state index in [1.807, 2.05) is 6.92 Å². The van der Waals surface area contributed by atoms with Gasteiger partial charge in [0.05, 0.1) is 5.92 Å². The Labute approximate surface area is 161 Å². The van der Waals surface area contributed by atoms with E-state index in [4.69, 9.17) is 14.2 Å². The fraction of sp³-hybridized carbons (Fsp3) is 0.818. The molecule has 0 aromatic rings. The molecule has 3 fully saturated rings. The van der Waals surface area contributed by atoms with Crippen LogP contribution in [-0.4, -0.2) is 24.5 Å². The van der Waals surface area contributed by atoms with Crippen molar-refractivity contribution in [1.29, 1.82) is 0 Å². The number of esters is 2. The van der Waals surface area contributed by atoms with E-state index in [2.05, 4.69) is 20.8 Å². The van der Waals surface area contributed by atoms with Crippen LogP contribution in [0.15, 0.2) is 11.1 Å². The van der Waals surface area contributed by atoms with Crippen molar-refractivity contribution >= 4 is 11.9 Å². The van der Waals surface area contributed by atoms with Gasteiger partial charge in [0.15, 0.2) is 0 Å². The van der Waals surface area contributed by atoms with E-state index in [0.29, 0.717) is 11.3 Å². The zero-order valence-electron chi connectivity index (χ0n) is 17.2. The summed E-state index contributed by atoms with van der Waals surface area (Å²) in [5.41, 5.74) is 2.50. The summed E-state index contributed by atoms with van der Waals surface area (Å²) in [5, 5.41) is 0. The predicted molar refractivity (Wildman–Crippen MR) is 99.3 cm³/mol. The first-order valence-electron chi connectivity index (χ1n) is 10.4. The standard InChI is InChI=1S/C22H32O5/c1-12-16-15(22(5)10-6-9-21(3,4)11-22)8-7-14-17(16)20(26-18(12)24)27-19(14)25-13(2)23/h14-15,17,19-20H,6-11H2,1-5H3. The molecule has 150 valence electrons. The zero-order valence-corrected chi connectivity index (χ0v) is 17.2. The van der Waals surface area contributed by atoms with Crippen molar-refractivity contribution in [1.82, 2.24) is 0 Å². The van der Waals surface area contributed by atoms with E-state index in [-0.39, 0.29) is 29.2 Å². The Morgan fingerprint density at radius 3 is 2.59 bits per heavy atom. The van der Waals surface area contributed by atoms with Crippen LogP contribution in [0.2, 0.25) is 0 Å². The molecule has 2 aliphatic heterocycles. The molecule has 2 heterocycles. The normalized spacial score (nSPS) is 43.1. The maximum absolute atomic E-state index is 12.6. The predicted octanol–water partition coefficient (Wildman–Crippen LogP) is 4.35. The molecule has 4 rings (SSSR count). The van der Waals surface area contributed by atoms with Gasteiger partial charge in [-0.1, -0.05) is 27.2 Å². The van der Waals surface area contributed by atoms with Gasteiger partial charge in [-0.05, 0) is 61.3 Å². The Morgan fingerprint density at radius 2 is 1.93 bits per heavy atom. The summed E-state index contributed by atoms with van der Waals surface area (Å²) in [7, 11) is 0. The highest BCUT2D eigenvalue weighted by atomic mass is 16.8. The molecule has 6 unspecified atom stereocenters. The molecule has 1 saturated heterocycles. The molecule has 0 aromatic heterocycles. The first-order valence-corrected chi connectivity index (χ1v) is 10.4. The third-order valence-electron chi connectivity index (χ3n) is 7.47. The second kappa shape index (κ2) is 6.33. The van der Waals surface area contributed by atoms with Crippen LogP contribution in [0.5, 0.6) is 0 Å². The average molecular weight is 376 g/mol. The van der Waals surface area contributed by atoms with Crippen molar-refractivity contribution < 1.29 is 23.8 Å². The summed E-state index contributed by atoms with van der Waals surface area (Å²) < 4.78 is 16.9. The quantitative estimate of drug-likeness (QED) is 0.670. The van der Waals surface area contributed by atoms with Crippen LogP contribution >= 0.6 is 0 Å². The molecule has 0 radical (unpaired) electrons. The van der Waals surface area contributed by atoms with Crippen LogP contribution in [0.4, 0.5) is 0 Å². The van der Waals surface area contributed by atoms with E-state index in [1.165, 1.54) is 38.2 Å². The van der Waals surface area contributed by atoms with Gasteiger partial charge >= 0.3 is 11.9 Å². The minimum atomic E-state index is -0.617. The highest BCUT2D eigenvalue weighted by molar-refractivity contribution is 5.90. The van der Waals surface area contributed by atoms with Crippen molar-refractivity contribution in [3.63, 3.8) is 0 Å². The van der Waals surface area contributed by atoms with Crippen LogP contribution in [0.25, 0.3) is 0 Å². The van der Waals surface area contributed by atoms with Gasteiger partial charge in [0.1, 0.15) is 0 Å². The van der Waals surface area contributed by atoms with E-state index in [1.54, 1.807) is 0 Å². The van der Waals surface area contributed by atoms with Gasteiger partial charge in [-0.15, -0.1) is 0 Å². The van der Waals surface area contributed by atoms with Crippen molar-refractivity contribution in [2.45, 2.75) is 85.7 Å². The Balaban J connectivity index is 1.71. The number of carbonyl (C=O) groups excluding carboxylic acids is 2. The lowest BCUT2D eigenvalue weighted by Gasteiger charge is -2.52. The minimum absolute atomic E-state index is 0.0210. The lowest BCUT2D eigenvalue weighted by atomic mass is 9.53. The Kier molecular flexibility index (Phi) is 4.45. The van der Waals surface area contributed by atoms with E-state index < -0.39 is 12.6 Å². The maximum atomic E-state index is 12.6. The number of carbonyl (C=O) groups is 2. The largest absolute Gasteiger partial charge is 0.435 e. The second-order valence-electron chi connectivity index (χ2n) is 10.1. The highest BCUT2D eigenvalue weighted by Gasteiger charge is 2.59. The van der Waals surface area contributed by atoms with Crippen LogP contribution in [0.3, 0.4) is 0 Å². The van der Waals surface area contributed by atoms with Gasteiger partial charge in [0.25, 0.3) is 0 Å². The van der Waals surface area contributed by atoms with E-state index in [0.717, 1.165) is 18.4 Å². The van der Waals surface area contributed by atoms with Crippen LogP contribution in [-0.2, 0) is 23.8 Å². The molecule has 0 amide bonds. The number of rotatable bonds is 2. The van der Waals surface area contributed by atoms with Gasteiger partial charge in [-0.3, -0.25) is 4.79 Å². The molecular formula is C22H32O5. The van der Waals surface area contributed by atoms with Crippen LogP contribution in [0, 0.1) is 28.6 Å². The van der Waals surface area contributed by atoms with Gasteiger partial charge < -0.3 is 14.2 Å². The van der Waals surface area contributed by atoms with Gasteiger partial charge in [-0.25, -0.2) is 4.79 Å². The molecule has 4 aliphatic rings. The lowest BCUT2D eigenvalue weighted by molar-refractivity contribution is -0.214. The number of hydrogen-bond acceptors (Lipinski definition) is 5. The Hall–Kier alpha value is -1.36. The molecule has 27 heavy (non-hydrogen) atoms. The topological polar surface area (TPSA) is 61.8 Å².